The molecule has 1 aromatic heterocycles. The molecule has 0 N–H and O–H groups in total. The van der Waals surface area contributed by atoms with Crippen molar-refractivity contribution in [1.82, 2.24) is 4.90 Å². The molecule has 132 valence electrons. The fourth-order valence-electron chi connectivity index (χ4n) is 3.62. The lowest BCUT2D eigenvalue weighted by atomic mass is 9.96. The summed E-state index contributed by atoms with van der Waals surface area (Å²) in [6.45, 7) is 2.35. The summed E-state index contributed by atoms with van der Waals surface area (Å²) >= 11 is 0. The van der Waals surface area contributed by atoms with Gasteiger partial charge in [-0.25, -0.2) is 0 Å². The summed E-state index contributed by atoms with van der Waals surface area (Å²) in [5.41, 5.74) is 2.18. The average molecular weight is 341 g/mol. The first-order chi connectivity index (χ1) is 12.3. The molecule has 4 rings (SSSR count). The molecule has 0 aliphatic carbocycles. The summed E-state index contributed by atoms with van der Waals surface area (Å²) in [4.78, 5) is 15.1. The van der Waals surface area contributed by atoms with E-state index in [1.807, 2.05) is 35.2 Å². The summed E-state index contributed by atoms with van der Waals surface area (Å²) in [6.07, 6.45) is 4.08. The molecule has 2 aromatic rings. The van der Waals surface area contributed by atoms with Crippen LogP contribution < -0.4 is 0 Å². The molecule has 1 fully saturated rings. The van der Waals surface area contributed by atoms with Gasteiger partial charge in [-0.15, -0.1) is 0 Å². The second-order valence-electron chi connectivity index (χ2n) is 6.63. The van der Waals surface area contributed by atoms with E-state index in [0.717, 1.165) is 37.2 Å². The molecule has 0 radical (unpaired) electrons. The molecular formula is C20H23NO4. The van der Waals surface area contributed by atoms with E-state index < -0.39 is 6.10 Å². The van der Waals surface area contributed by atoms with Gasteiger partial charge in [0.05, 0.1) is 25.5 Å². The maximum atomic E-state index is 13.3. The zero-order chi connectivity index (χ0) is 17.1. The number of rotatable bonds is 5. The Hall–Kier alpha value is -2.11. The van der Waals surface area contributed by atoms with Crippen LogP contribution in [0.3, 0.4) is 0 Å². The molecular weight excluding hydrogens is 318 g/mol. The SMILES string of the molecule is O=C([C@@H]1OCCc2ccccc21)N(Cc1ccco1)C[C@H]1CCCO1. The van der Waals surface area contributed by atoms with Crippen LogP contribution in [0.5, 0.6) is 0 Å². The molecule has 0 spiro atoms. The fraction of sp³-hybridized carbons (Fsp3) is 0.450. The Morgan fingerprint density at radius 3 is 2.84 bits per heavy atom. The number of amides is 1. The highest BCUT2D eigenvalue weighted by molar-refractivity contribution is 5.83. The maximum absolute atomic E-state index is 13.3. The zero-order valence-corrected chi connectivity index (χ0v) is 14.2. The first kappa shape index (κ1) is 16.4. The van der Waals surface area contributed by atoms with Crippen LogP contribution in [0.4, 0.5) is 0 Å². The van der Waals surface area contributed by atoms with E-state index in [0.29, 0.717) is 19.7 Å². The Morgan fingerprint density at radius 1 is 1.12 bits per heavy atom. The normalized spacial score (nSPS) is 22.6. The van der Waals surface area contributed by atoms with E-state index in [1.165, 1.54) is 5.56 Å². The number of carbonyl (C=O) groups excluding carboxylic acids is 1. The summed E-state index contributed by atoms with van der Waals surface area (Å²) in [5.74, 6) is 0.759. The predicted molar refractivity (Wildman–Crippen MR) is 91.9 cm³/mol. The van der Waals surface area contributed by atoms with Crippen molar-refractivity contribution in [3.63, 3.8) is 0 Å². The number of nitrogens with zero attached hydrogens (tertiary/aromatic N) is 1. The third kappa shape index (κ3) is 3.62. The highest BCUT2D eigenvalue weighted by Gasteiger charge is 2.33. The Balaban J connectivity index is 1.56. The lowest BCUT2D eigenvalue weighted by Crippen LogP contribution is -2.41. The van der Waals surface area contributed by atoms with Crippen LogP contribution in [0.1, 0.15) is 35.8 Å². The van der Waals surface area contributed by atoms with Gasteiger partial charge < -0.3 is 18.8 Å². The third-order valence-corrected chi connectivity index (χ3v) is 4.90. The highest BCUT2D eigenvalue weighted by atomic mass is 16.5. The second kappa shape index (κ2) is 7.42. The third-order valence-electron chi connectivity index (χ3n) is 4.90. The Labute approximate surface area is 147 Å². The molecule has 0 unspecified atom stereocenters. The topological polar surface area (TPSA) is 51.9 Å². The minimum Gasteiger partial charge on any atom is -0.467 e. The first-order valence-electron chi connectivity index (χ1n) is 8.93. The van der Waals surface area contributed by atoms with Gasteiger partial charge in [0.15, 0.2) is 6.10 Å². The van der Waals surface area contributed by atoms with Gasteiger partial charge in [-0.1, -0.05) is 24.3 Å². The van der Waals surface area contributed by atoms with Gasteiger partial charge in [0, 0.05) is 13.2 Å². The quantitative estimate of drug-likeness (QED) is 0.838. The number of furan rings is 1. The van der Waals surface area contributed by atoms with Crippen molar-refractivity contribution >= 4 is 5.91 Å². The standard InChI is InChI=1S/C20H23NO4/c22-20(19-18-8-2-1-5-15(18)9-12-25-19)21(13-16-6-3-10-23-16)14-17-7-4-11-24-17/h1-3,5-6,8,10,17,19H,4,7,9,11-14H2/t17-,19-/m1/s1. The van der Waals surface area contributed by atoms with Crippen molar-refractivity contribution in [2.24, 2.45) is 0 Å². The molecule has 2 aliphatic rings. The number of fused-ring (bicyclic) bond motifs is 1. The van der Waals surface area contributed by atoms with Gasteiger partial charge in [-0.2, -0.15) is 0 Å². The zero-order valence-electron chi connectivity index (χ0n) is 14.2. The summed E-state index contributed by atoms with van der Waals surface area (Å²) in [5, 5.41) is 0. The molecule has 0 bridgehead atoms. The van der Waals surface area contributed by atoms with E-state index >= 15 is 0 Å². The number of hydrogen-bond donors (Lipinski definition) is 0. The fourth-order valence-corrected chi connectivity index (χ4v) is 3.62. The highest BCUT2D eigenvalue weighted by Crippen LogP contribution is 2.29. The van der Waals surface area contributed by atoms with Crippen LogP contribution >= 0.6 is 0 Å². The van der Waals surface area contributed by atoms with E-state index in [2.05, 4.69) is 6.07 Å². The van der Waals surface area contributed by atoms with Crippen LogP contribution in [0.25, 0.3) is 0 Å². The first-order valence-corrected chi connectivity index (χ1v) is 8.93. The van der Waals surface area contributed by atoms with E-state index in [9.17, 15) is 4.79 Å². The van der Waals surface area contributed by atoms with Crippen molar-refractivity contribution in [3.8, 4) is 0 Å². The summed E-state index contributed by atoms with van der Waals surface area (Å²) < 4.78 is 17.1. The lowest BCUT2D eigenvalue weighted by molar-refractivity contribution is -0.147. The van der Waals surface area contributed by atoms with Gasteiger partial charge in [0.25, 0.3) is 5.91 Å². The maximum Gasteiger partial charge on any atom is 0.256 e. The van der Waals surface area contributed by atoms with Gasteiger partial charge in [-0.3, -0.25) is 4.79 Å². The number of benzene rings is 1. The second-order valence-corrected chi connectivity index (χ2v) is 6.63. The Bertz CT molecular complexity index is 706. The van der Waals surface area contributed by atoms with Crippen LogP contribution in [-0.2, 0) is 27.2 Å². The van der Waals surface area contributed by atoms with Crippen LogP contribution in [-0.4, -0.2) is 36.7 Å². The number of hydrogen-bond acceptors (Lipinski definition) is 4. The molecule has 1 saturated heterocycles. The number of carbonyl (C=O) groups is 1. The molecule has 1 aromatic carbocycles. The van der Waals surface area contributed by atoms with E-state index in [1.54, 1.807) is 6.26 Å². The van der Waals surface area contributed by atoms with Gasteiger partial charge in [-0.05, 0) is 42.5 Å². The van der Waals surface area contributed by atoms with E-state index in [4.69, 9.17) is 13.9 Å². The molecule has 5 nitrogen and oxygen atoms in total. The predicted octanol–water partition coefficient (Wildman–Crippen LogP) is 3.10. The van der Waals surface area contributed by atoms with Crippen LogP contribution in [0, 0.1) is 0 Å². The van der Waals surface area contributed by atoms with E-state index in [-0.39, 0.29) is 12.0 Å². The van der Waals surface area contributed by atoms with Crippen molar-refractivity contribution in [2.75, 3.05) is 19.8 Å². The average Bonchev–Trinajstić information content (AvgIpc) is 3.34. The number of ether oxygens (including phenoxy) is 2. The van der Waals surface area contributed by atoms with Crippen molar-refractivity contribution in [1.29, 1.82) is 0 Å². The largest absolute Gasteiger partial charge is 0.467 e. The van der Waals surface area contributed by atoms with Crippen LogP contribution in [0.2, 0.25) is 0 Å². The summed E-state index contributed by atoms with van der Waals surface area (Å²) in [6, 6.07) is 11.8. The van der Waals surface area contributed by atoms with Gasteiger partial charge in [0.2, 0.25) is 0 Å². The molecule has 5 heteroatoms. The molecule has 0 saturated carbocycles. The molecule has 1 amide bonds. The summed E-state index contributed by atoms with van der Waals surface area (Å²) in [7, 11) is 0. The van der Waals surface area contributed by atoms with Crippen molar-refractivity contribution < 1.29 is 18.7 Å². The van der Waals surface area contributed by atoms with Crippen molar-refractivity contribution in [2.45, 2.75) is 38.0 Å². The Kier molecular flexibility index (Phi) is 4.85. The molecule has 2 atom stereocenters. The monoisotopic (exact) mass is 341 g/mol. The minimum absolute atomic E-state index is 0.0148. The molecule has 2 aliphatic heterocycles. The smallest absolute Gasteiger partial charge is 0.256 e. The minimum atomic E-state index is -0.540. The molecule has 25 heavy (non-hydrogen) atoms. The Morgan fingerprint density at radius 2 is 2.04 bits per heavy atom. The van der Waals surface area contributed by atoms with Gasteiger partial charge in [0.1, 0.15) is 5.76 Å². The van der Waals surface area contributed by atoms with Crippen LogP contribution in [0.15, 0.2) is 47.1 Å². The molecule has 3 heterocycles. The lowest BCUT2D eigenvalue weighted by Gasteiger charge is -2.31. The van der Waals surface area contributed by atoms with Gasteiger partial charge >= 0.3 is 0 Å². The van der Waals surface area contributed by atoms with Crippen molar-refractivity contribution in [3.05, 3.63) is 59.5 Å².